The number of aromatic nitrogens is 2. The first-order chi connectivity index (χ1) is 13.1. The van der Waals surface area contributed by atoms with Gasteiger partial charge in [-0.1, -0.05) is 36.9 Å². The average Bonchev–Trinajstić information content (AvgIpc) is 3.02. The van der Waals surface area contributed by atoms with Crippen molar-refractivity contribution in [3.05, 3.63) is 60.6 Å². The van der Waals surface area contributed by atoms with Gasteiger partial charge in [-0.25, -0.2) is 0 Å². The number of carbonyl (C=O) groups excluding carboxylic acids is 1. The lowest BCUT2D eigenvalue weighted by molar-refractivity contribution is -0.117. The number of aromatic amines is 1. The van der Waals surface area contributed by atoms with Crippen molar-refractivity contribution in [1.29, 1.82) is 0 Å². The number of rotatable bonds is 3. The number of thiazole rings is 1. The lowest BCUT2D eigenvalue weighted by atomic mass is 9.86. The zero-order valence-corrected chi connectivity index (χ0v) is 16.3. The zero-order valence-electron chi connectivity index (χ0n) is 14.7. The van der Waals surface area contributed by atoms with Gasteiger partial charge in [0.05, 0.1) is 19.7 Å². The normalized spacial score (nSPS) is 16.9. The number of ketones is 1. The van der Waals surface area contributed by atoms with Crippen molar-refractivity contribution < 1.29 is 4.79 Å². The number of carbonyl (C=O) groups is 1. The molecule has 0 radical (unpaired) electrons. The highest BCUT2D eigenvalue weighted by molar-refractivity contribution is 7.07. The van der Waals surface area contributed by atoms with Gasteiger partial charge in [-0.05, 0) is 42.7 Å². The molecular weight excluding hydrogens is 380 g/mol. The number of benzene rings is 1. The molecule has 2 aromatic heterocycles. The molecular formula is C21H19ClN2O2S. The molecule has 1 saturated carbocycles. The summed E-state index contributed by atoms with van der Waals surface area (Å²) in [6.45, 7) is 0. The largest absolute Gasteiger partial charge is 0.313 e. The molecule has 1 aromatic carbocycles. The van der Waals surface area contributed by atoms with Gasteiger partial charge in [0, 0.05) is 23.6 Å². The fourth-order valence-electron chi connectivity index (χ4n) is 3.53. The van der Waals surface area contributed by atoms with Gasteiger partial charge in [-0.15, -0.1) is 11.3 Å². The number of fused-ring (bicyclic) bond motifs is 1. The van der Waals surface area contributed by atoms with E-state index in [2.05, 4.69) is 9.97 Å². The second-order valence-corrected chi connectivity index (χ2v) is 8.37. The third-order valence-electron chi connectivity index (χ3n) is 4.97. The lowest BCUT2D eigenvalue weighted by Gasteiger charge is -2.18. The van der Waals surface area contributed by atoms with Crippen LogP contribution in [0.25, 0.3) is 23.1 Å². The summed E-state index contributed by atoms with van der Waals surface area (Å²) in [6, 6.07) is 7.45. The van der Waals surface area contributed by atoms with Crippen LogP contribution in [0.5, 0.6) is 0 Å². The Balaban J connectivity index is 1.69. The molecule has 0 bridgehead atoms. The highest BCUT2D eigenvalue weighted by Crippen LogP contribution is 2.24. The highest BCUT2D eigenvalue weighted by Gasteiger charge is 2.19. The smallest absolute Gasteiger partial charge is 0.266 e. The number of nitrogens with zero attached hydrogens (tertiary/aromatic N) is 1. The Morgan fingerprint density at radius 1 is 1.22 bits per heavy atom. The Labute approximate surface area is 165 Å². The molecule has 1 aliphatic rings. The van der Waals surface area contributed by atoms with E-state index >= 15 is 0 Å². The Bertz CT molecular complexity index is 1170. The molecule has 0 saturated heterocycles. The second kappa shape index (κ2) is 7.79. The summed E-state index contributed by atoms with van der Waals surface area (Å²) in [6.07, 6.45) is 10.4. The predicted molar refractivity (Wildman–Crippen MR) is 111 cm³/mol. The van der Waals surface area contributed by atoms with Gasteiger partial charge in [0.25, 0.3) is 5.56 Å². The van der Waals surface area contributed by atoms with Crippen molar-refractivity contribution in [2.24, 2.45) is 5.92 Å². The van der Waals surface area contributed by atoms with Crippen molar-refractivity contribution in [2.75, 3.05) is 0 Å². The summed E-state index contributed by atoms with van der Waals surface area (Å²) in [7, 11) is 0. The van der Waals surface area contributed by atoms with Crippen LogP contribution in [0.2, 0.25) is 5.02 Å². The fourth-order valence-corrected chi connectivity index (χ4v) is 4.63. The van der Waals surface area contributed by atoms with E-state index in [0.29, 0.717) is 14.2 Å². The predicted octanol–water partition coefficient (Wildman–Crippen LogP) is 3.40. The van der Waals surface area contributed by atoms with Crippen LogP contribution in [0.4, 0.5) is 0 Å². The average molecular weight is 399 g/mol. The first-order valence-corrected chi connectivity index (χ1v) is 10.3. The molecule has 0 spiro atoms. The topological polar surface area (TPSA) is 62.8 Å². The van der Waals surface area contributed by atoms with Gasteiger partial charge >= 0.3 is 0 Å². The van der Waals surface area contributed by atoms with Crippen LogP contribution in [0, 0.1) is 5.92 Å². The molecule has 4 nitrogen and oxygen atoms in total. The molecule has 2 heterocycles. The van der Waals surface area contributed by atoms with Gasteiger partial charge < -0.3 is 4.98 Å². The number of pyridine rings is 1. The van der Waals surface area contributed by atoms with Crippen LogP contribution < -0.4 is 14.8 Å². The quantitative estimate of drug-likeness (QED) is 0.735. The third kappa shape index (κ3) is 4.04. The second-order valence-electron chi connectivity index (χ2n) is 6.88. The van der Waals surface area contributed by atoms with E-state index in [1.54, 1.807) is 18.3 Å². The maximum Gasteiger partial charge on any atom is 0.266 e. The van der Waals surface area contributed by atoms with Crippen molar-refractivity contribution >= 4 is 51.8 Å². The van der Waals surface area contributed by atoms with E-state index in [9.17, 15) is 9.59 Å². The maximum absolute atomic E-state index is 12.4. The van der Waals surface area contributed by atoms with Gasteiger partial charge in [-0.2, -0.15) is 0 Å². The van der Waals surface area contributed by atoms with Gasteiger partial charge in [0.15, 0.2) is 5.78 Å². The number of halogens is 1. The lowest BCUT2D eigenvalue weighted by Crippen LogP contribution is -2.21. The Hall–Kier alpha value is -2.24. The Kier molecular flexibility index (Phi) is 5.23. The highest BCUT2D eigenvalue weighted by atomic mass is 35.5. The molecule has 4 rings (SSSR count). The van der Waals surface area contributed by atoms with E-state index in [4.69, 9.17) is 11.6 Å². The van der Waals surface area contributed by atoms with Crippen LogP contribution in [0.15, 0.2) is 35.3 Å². The van der Waals surface area contributed by atoms with Crippen molar-refractivity contribution in [3.63, 3.8) is 0 Å². The fraction of sp³-hybridized carbons (Fsp3) is 0.286. The van der Waals surface area contributed by atoms with Gasteiger partial charge in [0.1, 0.15) is 0 Å². The minimum atomic E-state index is -0.180. The monoisotopic (exact) mass is 398 g/mol. The molecule has 6 heteroatoms. The van der Waals surface area contributed by atoms with E-state index in [0.717, 1.165) is 42.1 Å². The van der Waals surface area contributed by atoms with E-state index in [1.807, 2.05) is 24.3 Å². The first-order valence-electron chi connectivity index (χ1n) is 9.11. The molecule has 0 amide bonds. The van der Waals surface area contributed by atoms with Crippen molar-refractivity contribution in [3.8, 4) is 0 Å². The molecule has 0 unspecified atom stereocenters. The minimum Gasteiger partial charge on any atom is -0.313 e. The summed E-state index contributed by atoms with van der Waals surface area (Å²) in [5, 5.41) is 1.47. The minimum absolute atomic E-state index is 0.104. The number of Topliss-reactive ketones (excluding diaryl/α,β-unsaturated/α-hetero) is 1. The number of nitrogens with one attached hydrogen (secondary N) is 1. The maximum atomic E-state index is 12.4. The number of H-pyrrole nitrogens is 1. The Morgan fingerprint density at radius 3 is 2.85 bits per heavy atom. The SMILES string of the molecule is O=C(/C=c1\[nH]c(=O)/c(=C/c2ccc3nccc(Cl)c3c2)s1)C1CCCCC1. The Morgan fingerprint density at radius 2 is 2.04 bits per heavy atom. The van der Waals surface area contributed by atoms with Crippen LogP contribution in [-0.2, 0) is 4.79 Å². The van der Waals surface area contributed by atoms with Crippen molar-refractivity contribution in [2.45, 2.75) is 32.1 Å². The molecule has 3 aromatic rings. The molecule has 0 atom stereocenters. The number of hydrogen-bond donors (Lipinski definition) is 1. The van der Waals surface area contributed by atoms with Crippen LogP contribution in [0.3, 0.4) is 0 Å². The molecule has 27 heavy (non-hydrogen) atoms. The molecule has 1 aliphatic carbocycles. The van der Waals surface area contributed by atoms with Crippen molar-refractivity contribution in [1.82, 2.24) is 9.97 Å². The third-order valence-corrected chi connectivity index (χ3v) is 6.26. The van der Waals surface area contributed by atoms with E-state index < -0.39 is 0 Å². The van der Waals surface area contributed by atoms with Crippen LogP contribution in [-0.4, -0.2) is 15.8 Å². The molecule has 0 aliphatic heterocycles. The summed E-state index contributed by atoms with van der Waals surface area (Å²) in [5.74, 6) is 0.231. The summed E-state index contributed by atoms with van der Waals surface area (Å²) >= 11 is 7.54. The van der Waals surface area contributed by atoms with E-state index in [1.165, 1.54) is 17.8 Å². The standard InChI is InChI=1S/C21H19ClN2O2S/c22-16-8-9-23-17-7-6-13(10-15(16)17)11-19-21(26)24-20(27-19)12-18(25)14-4-2-1-3-5-14/h6-12,14H,1-5H2,(H,24,26)/b19-11-,20-12+. The van der Waals surface area contributed by atoms with Crippen LogP contribution in [0.1, 0.15) is 37.7 Å². The number of hydrogen-bond acceptors (Lipinski definition) is 4. The molecule has 1 N–H and O–H groups in total. The first kappa shape index (κ1) is 18.1. The van der Waals surface area contributed by atoms with E-state index in [-0.39, 0.29) is 17.3 Å². The molecule has 138 valence electrons. The summed E-state index contributed by atoms with van der Waals surface area (Å²) in [4.78, 5) is 31.8. The zero-order chi connectivity index (χ0) is 18.8. The van der Waals surface area contributed by atoms with Gasteiger partial charge in [0.2, 0.25) is 0 Å². The van der Waals surface area contributed by atoms with Crippen LogP contribution >= 0.6 is 22.9 Å². The summed E-state index contributed by atoms with van der Waals surface area (Å²) < 4.78 is 1.18. The summed E-state index contributed by atoms with van der Waals surface area (Å²) in [5.41, 5.74) is 1.50. The molecule has 1 fully saturated rings. The van der Waals surface area contributed by atoms with Gasteiger partial charge in [-0.3, -0.25) is 14.6 Å².